The topological polar surface area (TPSA) is 67.2 Å². The van der Waals surface area contributed by atoms with Crippen molar-refractivity contribution >= 4 is 11.6 Å². The number of piperidine rings is 1. The van der Waals surface area contributed by atoms with Crippen LogP contribution in [0.1, 0.15) is 64.2 Å². The summed E-state index contributed by atoms with van der Waals surface area (Å²) in [6.45, 7) is 2.53. The normalized spacial score (nSPS) is 24.0. The molecule has 27 heavy (non-hydrogen) atoms. The first-order valence-electron chi connectivity index (χ1n) is 10.8. The van der Waals surface area contributed by atoms with Crippen LogP contribution in [-0.2, 0) is 11.3 Å². The average molecular weight is 373 g/mol. The average Bonchev–Trinajstić information content (AvgIpc) is 3.48. The highest BCUT2D eigenvalue weighted by molar-refractivity contribution is 5.76. The first-order valence-corrected chi connectivity index (χ1v) is 10.8. The minimum absolute atomic E-state index is 0.00318. The summed E-state index contributed by atoms with van der Waals surface area (Å²) in [5.41, 5.74) is 0.904. The third-order valence-electron chi connectivity index (χ3n) is 6.31. The molecule has 2 heterocycles. The summed E-state index contributed by atoms with van der Waals surface area (Å²) in [6, 6.07) is 2.11. The minimum Gasteiger partial charge on any atom is -0.370 e. The van der Waals surface area contributed by atoms with Gasteiger partial charge in [-0.2, -0.15) is 5.10 Å². The number of hydrogen-bond donors (Lipinski definition) is 1. The van der Waals surface area contributed by atoms with Crippen LogP contribution < -0.4 is 15.8 Å². The Bertz CT molecular complexity index is 706. The number of hydrogen-bond acceptors (Lipinski definition) is 4. The van der Waals surface area contributed by atoms with Gasteiger partial charge in [-0.1, -0.05) is 19.3 Å². The van der Waals surface area contributed by atoms with Crippen molar-refractivity contribution in [2.75, 3.05) is 18.0 Å². The Balaban J connectivity index is 1.31. The summed E-state index contributed by atoms with van der Waals surface area (Å²) in [7, 11) is 0. The number of aromatic nitrogens is 2. The molecular formula is C21H32N4O2. The number of carbonyl (C=O) groups is 1. The van der Waals surface area contributed by atoms with E-state index in [0.717, 1.165) is 51.0 Å². The zero-order valence-corrected chi connectivity index (χ0v) is 16.2. The van der Waals surface area contributed by atoms with Gasteiger partial charge in [0.15, 0.2) is 0 Å². The molecule has 3 fully saturated rings. The fraction of sp³-hybridized carbons (Fsp3) is 0.762. The Morgan fingerprint density at radius 3 is 2.63 bits per heavy atom. The van der Waals surface area contributed by atoms with Crippen molar-refractivity contribution in [2.45, 2.75) is 76.8 Å². The van der Waals surface area contributed by atoms with E-state index in [4.69, 9.17) is 0 Å². The number of amides is 1. The van der Waals surface area contributed by atoms with Gasteiger partial charge in [-0.05, 0) is 50.4 Å². The van der Waals surface area contributed by atoms with Gasteiger partial charge in [0.05, 0.1) is 11.9 Å². The monoisotopic (exact) mass is 372 g/mol. The number of rotatable bonds is 6. The Labute approximate surface area is 161 Å². The second kappa shape index (κ2) is 8.44. The van der Waals surface area contributed by atoms with Crippen molar-refractivity contribution < 1.29 is 4.79 Å². The van der Waals surface area contributed by atoms with Crippen LogP contribution in [0.2, 0.25) is 0 Å². The quantitative estimate of drug-likeness (QED) is 0.834. The van der Waals surface area contributed by atoms with E-state index >= 15 is 0 Å². The van der Waals surface area contributed by atoms with Crippen LogP contribution in [0.3, 0.4) is 0 Å². The Kier molecular flexibility index (Phi) is 5.79. The summed E-state index contributed by atoms with van der Waals surface area (Å²) in [6.07, 6.45) is 13.0. The Morgan fingerprint density at radius 1 is 1.07 bits per heavy atom. The molecule has 1 amide bonds. The molecule has 6 nitrogen and oxygen atoms in total. The molecule has 0 aromatic carbocycles. The summed E-state index contributed by atoms with van der Waals surface area (Å²) in [5.74, 6) is 1.20. The predicted octanol–water partition coefficient (Wildman–Crippen LogP) is 2.71. The maximum Gasteiger partial charge on any atom is 0.268 e. The van der Waals surface area contributed by atoms with Gasteiger partial charge in [-0.15, -0.1) is 0 Å². The van der Waals surface area contributed by atoms with E-state index < -0.39 is 0 Å². The van der Waals surface area contributed by atoms with Gasteiger partial charge in [0.2, 0.25) is 5.91 Å². The molecule has 2 aliphatic carbocycles. The molecule has 4 rings (SSSR count). The summed E-state index contributed by atoms with van der Waals surface area (Å²) in [4.78, 5) is 27.0. The van der Waals surface area contributed by atoms with Gasteiger partial charge in [0.25, 0.3) is 5.56 Å². The van der Waals surface area contributed by atoms with Crippen LogP contribution in [0.5, 0.6) is 0 Å². The molecule has 3 aliphatic rings. The van der Waals surface area contributed by atoms with E-state index in [-0.39, 0.29) is 11.5 Å². The number of nitrogens with zero attached hydrogens (tertiary/aromatic N) is 3. The van der Waals surface area contributed by atoms with E-state index in [1.54, 1.807) is 10.7 Å². The lowest BCUT2D eigenvalue weighted by Crippen LogP contribution is -2.41. The minimum atomic E-state index is -0.00318. The van der Waals surface area contributed by atoms with E-state index in [1.165, 1.54) is 32.1 Å². The fourth-order valence-electron chi connectivity index (χ4n) is 4.54. The van der Waals surface area contributed by atoms with Crippen LogP contribution in [0.25, 0.3) is 0 Å². The lowest BCUT2D eigenvalue weighted by molar-refractivity contribution is -0.123. The fourth-order valence-corrected chi connectivity index (χ4v) is 4.54. The molecule has 1 unspecified atom stereocenters. The molecule has 2 saturated carbocycles. The molecular weight excluding hydrogens is 340 g/mol. The largest absolute Gasteiger partial charge is 0.370 e. The molecule has 6 heteroatoms. The molecule has 1 saturated heterocycles. The smallest absolute Gasteiger partial charge is 0.268 e. The lowest BCUT2D eigenvalue weighted by atomic mass is 9.92. The zero-order valence-electron chi connectivity index (χ0n) is 16.2. The van der Waals surface area contributed by atoms with Gasteiger partial charge in [-0.25, -0.2) is 4.68 Å². The molecule has 148 valence electrons. The van der Waals surface area contributed by atoms with Gasteiger partial charge < -0.3 is 10.2 Å². The number of anilines is 1. The molecule has 1 aromatic heterocycles. The predicted molar refractivity (Wildman–Crippen MR) is 106 cm³/mol. The molecule has 0 radical (unpaired) electrons. The maximum absolute atomic E-state index is 12.4. The molecule has 1 aliphatic heterocycles. The van der Waals surface area contributed by atoms with Crippen LogP contribution in [0.4, 0.5) is 5.69 Å². The zero-order chi connectivity index (χ0) is 18.6. The lowest BCUT2D eigenvalue weighted by Gasteiger charge is -2.34. The van der Waals surface area contributed by atoms with E-state index in [1.807, 2.05) is 6.20 Å². The van der Waals surface area contributed by atoms with Crippen LogP contribution in [0.15, 0.2) is 17.1 Å². The second-order valence-corrected chi connectivity index (χ2v) is 8.74. The van der Waals surface area contributed by atoms with E-state index in [0.29, 0.717) is 24.3 Å². The van der Waals surface area contributed by atoms with Crippen molar-refractivity contribution in [1.29, 1.82) is 0 Å². The number of nitrogens with one attached hydrogen (secondary N) is 1. The molecule has 1 aromatic rings. The van der Waals surface area contributed by atoms with E-state index in [2.05, 4.69) is 15.3 Å². The van der Waals surface area contributed by atoms with Gasteiger partial charge in [0, 0.05) is 38.2 Å². The molecule has 0 bridgehead atoms. The van der Waals surface area contributed by atoms with Crippen LogP contribution in [-0.4, -0.2) is 34.8 Å². The van der Waals surface area contributed by atoms with Crippen molar-refractivity contribution in [3.8, 4) is 0 Å². The van der Waals surface area contributed by atoms with E-state index in [9.17, 15) is 9.59 Å². The van der Waals surface area contributed by atoms with Crippen LogP contribution >= 0.6 is 0 Å². The first-order chi connectivity index (χ1) is 13.2. The first kappa shape index (κ1) is 18.5. The third kappa shape index (κ3) is 5.11. The second-order valence-electron chi connectivity index (χ2n) is 8.74. The number of carbonyl (C=O) groups excluding carboxylic acids is 1. The van der Waals surface area contributed by atoms with Gasteiger partial charge >= 0.3 is 0 Å². The Morgan fingerprint density at radius 2 is 1.89 bits per heavy atom. The highest BCUT2D eigenvalue weighted by Crippen LogP contribution is 2.30. The molecule has 0 spiro atoms. The van der Waals surface area contributed by atoms with Crippen molar-refractivity contribution in [1.82, 2.24) is 15.1 Å². The third-order valence-corrected chi connectivity index (χ3v) is 6.31. The summed E-state index contributed by atoms with van der Waals surface area (Å²) < 4.78 is 1.60. The highest BCUT2D eigenvalue weighted by Gasteiger charge is 2.25. The van der Waals surface area contributed by atoms with Crippen molar-refractivity contribution in [2.24, 2.45) is 11.8 Å². The summed E-state index contributed by atoms with van der Waals surface area (Å²) >= 11 is 0. The van der Waals surface area contributed by atoms with Crippen LogP contribution in [0, 0.1) is 11.8 Å². The molecule has 1 N–H and O–H groups in total. The SMILES string of the molecule is O=C(CC1CCCN(c2cnn(CC3CC3)c(=O)c2)C1)NC1CCCCC1. The highest BCUT2D eigenvalue weighted by atomic mass is 16.1. The maximum atomic E-state index is 12.4. The Hall–Kier alpha value is -1.85. The summed E-state index contributed by atoms with van der Waals surface area (Å²) in [5, 5.41) is 7.62. The van der Waals surface area contributed by atoms with Crippen molar-refractivity contribution in [3.05, 3.63) is 22.6 Å². The molecule has 1 atom stereocenters. The standard InChI is InChI=1S/C21H32N4O2/c26-20(23-18-6-2-1-3-7-18)11-17-5-4-10-24(14-17)19-12-21(27)25(22-13-19)15-16-8-9-16/h12-13,16-18H,1-11,14-15H2,(H,23,26). The van der Waals surface area contributed by atoms with Crippen molar-refractivity contribution in [3.63, 3.8) is 0 Å². The van der Waals surface area contributed by atoms with Gasteiger partial charge in [-0.3, -0.25) is 9.59 Å². The van der Waals surface area contributed by atoms with Gasteiger partial charge in [0.1, 0.15) is 0 Å².